The fourth-order valence-electron chi connectivity index (χ4n) is 3.12. The molecule has 1 heterocycles. The van der Waals surface area contributed by atoms with Gasteiger partial charge in [0.1, 0.15) is 29.0 Å². The molecule has 0 spiro atoms. The highest BCUT2D eigenvalue weighted by atomic mass is 19.1. The molecule has 0 aliphatic heterocycles. The van der Waals surface area contributed by atoms with Crippen molar-refractivity contribution in [2.75, 3.05) is 6.61 Å². The highest BCUT2D eigenvalue weighted by Gasteiger charge is 2.21. The first-order valence-electron chi connectivity index (χ1n) is 10.3. The Hall–Kier alpha value is -3.53. The molecule has 9 heteroatoms. The molecule has 3 aromatic rings. The highest BCUT2D eigenvalue weighted by molar-refractivity contribution is 5.95. The first-order valence-corrected chi connectivity index (χ1v) is 10.3. The average molecular weight is 455 g/mol. The number of halogens is 1. The number of nitrogens with two attached hydrogens (primary N) is 1. The fraction of sp³-hybridized carbons (Fsp3) is 0.250. The molecule has 33 heavy (non-hydrogen) atoms. The van der Waals surface area contributed by atoms with Crippen molar-refractivity contribution < 1.29 is 28.9 Å². The molecule has 1 amide bonds. The van der Waals surface area contributed by atoms with Gasteiger partial charge < -0.3 is 25.4 Å². The quantitative estimate of drug-likeness (QED) is 0.327. The first-order chi connectivity index (χ1) is 15.9. The van der Waals surface area contributed by atoms with E-state index in [2.05, 4.69) is 10.3 Å². The summed E-state index contributed by atoms with van der Waals surface area (Å²) in [5.41, 5.74) is 6.39. The molecule has 3 atom stereocenters. The molecule has 0 aliphatic carbocycles. The number of ether oxygens (including phenoxy) is 2. The number of benzene rings is 2. The third-order valence-corrected chi connectivity index (χ3v) is 4.77. The van der Waals surface area contributed by atoms with E-state index in [1.165, 1.54) is 37.4 Å². The molecule has 0 saturated heterocycles. The van der Waals surface area contributed by atoms with Crippen molar-refractivity contribution in [2.24, 2.45) is 5.73 Å². The van der Waals surface area contributed by atoms with Crippen LogP contribution in [0, 0.1) is 5.82 Å². The average Bonchev–Trinajstić information content (AvgIpc) is 2.79. The second kappa shape index (κ2) is 11.4. The zero-order valence-corrected chi connectivity index (χ0v) is 18.0. The van der Waals surface area contributed by atoms with Gasteiger partial charge in [-0.25, -0.2) is 9.37 Å². The van der Waals surface area contributed by atoms with Crippen LogP contribution in [0.25, 0.3) is 0 Å². The van der Waals surface area contributed by atoms with Crippen molar-refractivity contribution in [3.63, 3.8) is 0 Å². The summed E-state index contributed by atoms with van der Waals surface area (Å²) >= 11 is 0. The summed E-state index contributed by atoms with van der Waals surface area (Å²) in [6.07, 6.45) is 0.139. The van der Waals surface area contributed by atoms with Crippen LogP contribution in [0.15, 0.2) is 66.9 Å². The van der Waals surface area contributed by atoms with Crippen molar-refractivity contribution in [1.29, 1.82) is 0 Å². The van der Waals surface area contributed by atoms with Gasteiger partial charge in [0.2, 0.25) is 5.88 Å². The first kappa shape index (κ1) is 24.1. The lowest BCUT2D eigenvalue weighted by atomic mass is 10.1. The van der Waals surface area contributed by atoms with Crippen LogP contribution in [0.3, 0.4) is 0 Å². The maximum Gasteiger partial charge on any atom is 0.254 e. The Labute approximate surface area is 190 Å². The van der Waals surface area contributed by atoms with Crippen LogP contribution in [0.4, 0.5) is 4.39 Å². The maximum atomic E-state index is 13.4. The largest absolute Gasteiger partial charge is 0.472 e. The molecule has 0 bridgehead atoms. The number of aliphatic hydroxyl groups is 2. The number of carbonyl (C=O) groups is 1. The van der Waals surface area contributed by atoms with Crippen LogP contribution in [-0.2, 0) is 6.42 Å². The van der Waals surface area contributed by atoms with Gasteiger partial charge in [-0.3, -0.25) is 10.1 Å². The minimum atomic E-state index is -0.920. The summed E-state index contributed by atoms with van der Waals surface area (Å²) in [5, 5.41) is 23.0. The number of carbonyl (C=O) groups excluding carboxylic acids is 1. The van der Waals surface area contributed by atoms with Crippen LogP contribution >= 0.6 is 0 Å². The number of rotatable bonds is 11. The number of pyridine rings is 1. The van der Waals surface area contributed by atoms with Crippen molar-refractivity contribution in [3.8, 4) is 17.4 Å². The van der Waals surface area contributed by atoms with Gasteiger partial charge in [-0.05, 0) is 55.3 Å². The molecule has 5 N–H and O–H groups in total. The lowest BCUT2D eigenvalue weighted by Gasteiger charge is -2.27. The van der Waals surface area contributed by atoms with Crippen LogP contribution < -0.4 is 20.5 Å². The lowest BCUT2D eigenvalue weighted by molar-refractivity contribution is 0.0136. The third kappa shape index (κ3) is 6.98. The van der Waals surface area contributed by atoms with Gasteiger partial charge in [-0.2, -0.15) is 0 Å². The summed E-state index contributed by atoms with van der Waals surface area (Å²) in [7, 11) is 0. The predicted molar refractivity (Wildman–Crippen MR) is 119 cm³/mol. The number of nitrogens with one attached hydrogen (secondary N) is 1. The normalized spacial score (nSPS) is 13.7. The van der Waals surface area contributed by atoms with Gasteiger partial charge in [-0.1, -0.05) is 18.2 Å². The number of aromatic nitrogens is 1. The van der Waals surface area contributed by atoms with E-state index in [1.54, 1.807) is 36.4 Å². The van der Waals surface area contributed by atoms with Crippen molar-refractivity contribution in [2.45, 2.75) is 31.7 Å². The van der Waals surface area contributed by atoms with Crippen molar-refractivity contribution in [1.82, 2.24) is 10.3 Å². The Morgan fingerprint density at radius 2 is 1.91 bits per heavy atom. The van der Waals surface area contributed by atoms with Crippen LogP contribution in [-0.4, -0.2) is 46.1 Å². The van der Waals surface area contributed by atoms with E-state index in [-0.39, 0.29) is 23.8 Å². The number of amides is 1. The van der Waals surface area contributed by atoms with E-state index >= 15 is 0 Å². The predicted octanol–water partition coefficient (Wildman–Crippen LogP) is 2.39. The molecular weight excluding hydrogens is 429 g/mol. The van der Waals surface area contributed by atoms with Crippen LogP contribution in [0.1, 0.15) is 22.8 Å². The third-order valence-electron chi connectivity index (χ3n) is 4.77. The van der Waals surface area contributed by atoms with Crippen molar-refractivity contribution >= 4 is 5.91 Å². The van der Waals surface area contributed by atoms with E-state index in [0.717, 1.165) is 5.56 Å². The van der Waals surface area contributed by atoms with Gasteiger partial charge in [0.25, 0.3) is 5.91 Å². The highest BCUT2D eigenvalue weighted by Crippen LogP contribution is 2.23. The van der Waals surface area contributed by atoms with E-state index in [9.17, 15) is 19.4 Å². The molecule has 0 saturated carbocycles. The number of nitrogens with zero attached hydrogens (tertiary/aromatic N) is 1. The Bertz CT molecular complexity index is 1060. The zero-order valence-electron chi connectivity index (χ0n) is 18.0. The summed E-state index contributed by atoms with van der Waals surface area (Å²) in [6, 6.07) is 15.3. The Kier molecular flexibility index (Phi) is 8.31. The minimum absolute atomic E-state index is 0.113. The SMILES string of the molecule is C[C@H](O)C(N[C@H](CO)Cc1ccc(Oc2ncccc2C(N)=O)cc1)Oc1cccc(F)c1. The van der Waals surface area contributed by atoms with Crippen molar-refractivity contribution in [3.05, 3.63) is 83.8 Å². The molecule has 0 aliphatic rings. The maximum absolute atomic E-state index is 13.4. The minimum Gasteiger partial charge on any atom is -0.472 e. The van der Waals surface area contributed by atoms with E-state index in [1.807, 2.05) is 0 Å². The Morgan fingerprint density at radius 3 is 2.55 bits per heavy atom. The molecule has 0 radical (unpaired) electrons. The lowest BCUT2D eigenvalue weighted by Crippen LogP contribution is -2.50. The smallest absolute Gasteiger partial charge is 0.254 e. The summed E-state index contributed by atoms with van der Waals surface area (Å²) < 4.78 is 24.8. The molecule has 1 aromatic heterocycles. The molecule has 8 nitrogen and oxygen atoms in total. The molecular formula is C24H26FN3O5. The molecule has 174 valence electrons. The van der Waals surface area contributed by atoms with Gasteiger partial charge in [0, 0.05) is 18.3 Å². The second-order valence-corrected chi connectivity index (χ2v) is 7.45. The fourth-order valence-corrected chi connectivity index (χ4v) is 3.12. The van der Waals surface area contributed by atoms with Gasteiger partial charge in [0.15, 0.2) is 6.23 Å². The summed E-state index contributed by atoms with van der Waals surface area (Å²) in [5.74, 6) is -0.255. The zero-order chi connectivity index (χ0) is 23.8. The van der Waals surface area contributed by atoms with Gasteiger partial charge in [-0.15, -0.1) is 0 Å². The standard InChI is InChI=1S/C24H26FN3O5/c1-15(30)23(33-20-5-2-4-17(25)13-20)28-18(14-29)12-16-7-9-19(10-8-16)32-24-21(22(26)31)6-3-11-27-24/h2-11,13,15,18,23,28-30H,12,14H2,1H3,(H2,26,31)/t15-,18-,23?/m0/s1. The summed E-state index contributed by atoms with van der Waals surface area (Å²) in [6.45, 7) is 1.32. The van der Waals surface area contributed by atoms with E-state index in [0.29, 0.717) is 12.2 Å². The number of aliphatic hydroxyl groups excluding tert-OH is 2. The molecule has 3 rings (SSSR count). The molecule has 1 unspecified atom stereocenters. The van der Waals surface area contributed by atoms with E-state index < -0.39 is 30.1 Å². The number of primary amides is 1. The Balaban J connectivity index is 1.64. The van der Waals surface area contributed by atoms with Gasteiger partial charge in [0.05, 0.1) is 6.61 Å². The second-order valence-electron chi connectivity index (χ2n) is 7.45. The van der Waals surface area contributed by atoms with Crippen LogP contribution in [0.5, 0.6) is 17.4 Å². The van der Waals surface area contributed by atoms with E-state index in [4.69, 9.17) is 15.2 Å². The number of hydrogen-bond donors (Lipinski definition) is 4. The summed E-state index contributed by atoms with van der Waals surface area (Å²) in [4.78, 5) is 15.6. The molecule has 2 aromatic carbocycles. The Morgan fingerprint density at radius 1 is 1.15 bits per heavy atom. The molecule has 0 fully saturated rings. The monoisotopic (exact) mass is 455 g/mol. The topological polar surface area (TPSA) is 127 Å². The van der Waals surface area contributed by atoms with Crippen LogP contribution in [0.2, 0.25) is 0 Å². The number of hydrogen-bond acceptors (Lipinski definition) is 7. The van der Waals surface area contributed by atoms with Gasteiger partial charge >= 0.3 is 0 Å².